The number of sulfonamides is 1. The molecule has 0 bridgehead atoms. The summed E-state index contributed by atoms with van der Waals surface area (Å²) in [5, 5.41) is 0. The number of carbonyl (C=O) groups is 1. The third kappa shape index (κ3) is 3.44. The molecule has 0 radical (unpaired) electrons. The zero-order valence-electron chi connectivity index (χ0n) is 12.7. The molecule has 0 atom stereocenters. The number of benzene rings is 1. The number of aryl methyl sites for hydroxylation is 1. The second-order valence-corrected chi connectivity index (χ2v) is 7.55. The molecule has 1 N–H and O–H groups in total. The van der Waals surface area contributed by atoms with E-state index in [0.717, 1.165) is 31.5 Å². The van der Waals surface area contributed by atoms with Gasteiger partial charge in [-0.1, -0.05) is 13.0 Å². The van der Waals surface area contributed by atoms with E-state index in [-0.39, 0.29) is 10.8 Å². The second kappa shape index (κ2) is 6.15. The van der Waals surface area contributed by atoms with E-state index in [1.165, 1.54) is 19.2 Å². The van der Waals surface area contributed by atoms with Gasteiger partial charge < -0.3 is 4.90 Å². The highest BCUT2D eigenvalue weighted by Crippen LogP contribution is 2.21. The smallest absolute Gasteiger partial charge is 0.254 e. The van der Waals surface area contributed by atoms with Crippen molar-refractivity contribution in [1.29, 1.82) is 0 Å². The van der Waals surface area contributed by atoms with Crippen LogP contribution in [0, 0.1) is 12.8 Å². The number of piperidine rings is 1. The zero-order chi connectivity index (χ0) is 15.6. The van der Waals surface area contributed by atoms with Crippen molar-refractivity contribution in [1.82, 2.24) is 9.62 Å². The van der Waals surface area contributed by atoms with E-state index in [0.29, 0.717) is 11.5 Å². The van der Waals surface area contributed by atoms with Gasteiger partial charge in [-0.3, -0.25) is 4.79 Å². The van der Waals surface area contributed by atoms with Gasteiger partial charge in [0.25, 0.3) is 5.91 Å². The van der Waals surface area contributed by atoms with Crippen LogP contribution in [-0.4, -0.2) is 39.4 Å². The maximum atomic E-state index is 12.6. The van der Waals surface area contributed by atoms with Crippen molar-refractivity contribution in [3.63, 3.8) is 0 Å². The van der Waals surface area contributed by atoms with Gasteiger partial charge in [-0.05, 0) is 50.4 Å². The molecule has 2 rings (SSSR count). The summed E-state index contributed by atoms with van der Waals surface area (Å²) in [7, 11) is -2.17. The normalized spacial score (nSPS) is 17.0. The summed E-state index contributed by atoms with van der Waals surface area (Å²) < 4.78 is 26.0. The molecule has 0 aliphatic carbocycles. The van der Waals surface area contributed by atoms with Crippen molar-refractivity contribution in [3.05, 3.63) is 29.3 Å². The first kappa shape index (κ1) is 16.0. The van der Waals surface area contributed by atoms with Crippen molar-refractivity contribution >= 4 is 15.9 Å². The first-order valence-corrected chi connectivity index (χ1v) is 8.67. The Bertz CT molecular complexity index is 632. The largest absolute Gasteiger partial charge is 0.339 e. The molecule has 1 aliphatic heterocycles. The maximum Gasteiger partial charge on any atom is 0.254 e. The minimum atomic E-state index is -3.53. The van der Waals surface area contributed by atoms with Crippen LogP contribution in [0.15, 0.2) is 23.1 Å². The van der Waals surface area contributed by atoms with Crippen LogP contribution in [0.3, 0.4) is 0 Å². The molecule has 1 amide bonds. The molecule has 0 unspecified atom stereocenters. The van der Waals surface area contributed by atoms with Gasteiger partial charge in [0.05, 0.1) is 4.90 Å². The molecule has 5 nitrogen and oxygen atoms in total. The minimum absolute atomic E-state index is 0.0763. The van der Waals surface area contributed by atoms with Gasteiger partial charge in [0.1, 0.15) is 0 Å². The molecule has 1 fully saturated rings. The molecule has 1 aromatic carbocycles. The van der Waals surface area contributed by atoms with Gasteiger partial charge in [-0.15, -0.1) is 0 Å². The topological polar surface area (TPSA) is 66.5 Å². The molecule has 0 aromatic heterocycles. The van der Waals surface area contributed by atoms with Crippen LogP contribution in [0.4, 0.5) is 0 Å². The second-order valence-electron chi connectivity index (χ2n) is 5.66. The maximum absolute atomic E-state index is 12.6. The average molecular weight is 310 g/mol. The molecule has 21 heavy (non-hydrogen) atoms. The van der Waals surface area contributed by atoms with Crippen LogP contribution in [-0.2, 0) is 10.0 Å². The Hall–Kier alpha value is -1.40. The lowest BCUT2D eigenvalue weighted by molar-refractivity contribution is 0.0696. The van der Waals surface area contributed by atoms with E-state index >= 15 is 0 Å². The zero-order valence-corrected chi connectivity index (χ0v) is 13.5. The van der Waals surface area contributed by atoms with Gasteiger partial charge in [0.2, 0.25) is 10.0 Å². The molecule has 6 heteroatoms. The van der Waals surface area contributed by atoms with E-state index in [1.807, 2.05) is 11.8 Å². The monoisotopic (exact) mass is 310 g/mol. The SMILES string of the molecule is CNS(=O)(=O)c1ccc(C)c(C(=O)N2CCC(C)CC2)c1. The fourth-order valence-corrected chi connectivity index (χ4v) is 3.25. The summed E-state index contributed by atoms with van der Waals surface area (Å²) in [4.78, 5) is 14.6. The Morgan fingerprint density at radius 1 is 1.29 bits per heavy atom. The third-order valence-electron chi connectivity index (χ3n) is 4.09. The Balaban J connectivity index is 2.31. The van der Waals surface area contributed by atoms with Gasteiger partial charge in [0.15, 0.2) is 0 Å². The number of hydrogen-bond acceptors (Lipinski definition) is 3. The quantitative estimate of drug-likeness (QED) is 0.925. The van der Waals surface area contributed by atoms with Gasteiger partial charge in [0, 0.05) is 18.7 Å². The van der Waals surface area contributed by atoms with Crippen molar-refractivity contribution in [2.45, 2.75) is 31.6 Å². The number of nitrogens with zero attached hydrogens (tertiary/aromatic N) is 1. The number of likely N-dealkylation sites (tertiary alicyclic amines) is 1. The molecule has 1 aromatic rings. The van der Waals surface area contributed by atoms with Crippen LogP contribution >= 0.6 is 0 Å². The third-order valence-corrected chi connectivity index (χ3v) is 5.50. The van der Waals surface area contributed by atoms with E-state index < -0.39 is 10.0 Å². The lowest BCUT2D eigenvalue weighted by atomic mass is 9.98. The lowest BCUT2D eigenvalue weighted by Gasteiger charge is -2.30. The van der Waals surface area contributed by atoms with Crippen LogP contribution < -0.4 is 4.72 Å². The van der Waals surface area contributed by atoms with Crippen LogP contribution in [0.1, 0.15) is 35.7 Å². The van der Waals surface area contributed by atoms with E-state index in [9.17, 15) is 13.2 Å². The minimum Gasteiger partial charge on any atom is -0.339 e. The molecule has 1 aliphatic rings. The summed E-state index contributed by atoms with van der Waals surface area (Å²) in [5.74, 6) is 0.568. The van der Waals surface area contributed by atoms with Crippen molar-refractivity contribution in [3.8, 4) is 0 Å². The Labute approximate surface area is 126 Å². The highest BCUT2D eigenvalue weighted by molar-refractivity contribution is 7.89. The van der Waals surface area contributed by atoms with Gasteiger partial charge >= 0.3 is 0 Å². The Morgan fingerprint density at radius 2 is 1.90 bits per heavy atom. The molecular weight excluding hydrogens is 288 g/mol. The molecule has 0 saturated carbocycles. The Morgan fingerprint density at radius 3 is 2.48 bits per heavy atom. The highest BCUT2D eigenvalue weighted by atomic mass is 32.2. The number of amides is 1. The van der Waals surface area contributed by atoms with E-state index in [4.69, 9.17) is 0 Å². The summed E-state index contributed by atoms with van der Waals surface area (Å²) in [6, 6.07) is 4.68. The fraction of sp³-hybridized carbons (Fsp3) is 0.533. The highest BCUT2D eigenvalue weighted by Gasteiger charge is 2.24. The first-order chi connectivity index (χ1) is 9.85. The fourth-order valence-electron chi connectivity index (χ4n) is 2.50. The summed E-state index contributed by atoms with van der Waals surface area (Å²) in [6.07, 6.45) is 2.00. The molecule has 1 saturated heterocycles. The van der Waals surface area contributed by atoms with Crippen molar-refractivity contribution in [2.24, 2.45) is 5.92 Å². The average Bonchev–Trinajstić information content (AvgIpc) is 2.47. The van der Waals surface area contributed by atoms with Gasteiger partial charge in [-0.25, -0.2) is 13.1 Å². The van der Waals surface area contributed by atoms with Crippen molar-refractivity contribution < 1.29 is 13.2 Å². The molecule has 1 heterocycles. The van der Waals surface area contributed by atoms with Crippen molar-refractivity contribution in [2.75, 3.05) is 20.1 Å². The van der Waals surface area contributed by atoms with Crippen LogP contribution in [0.5, 0.6) is 0 Å². The Kier molecular flexibility index (Phi) is 4.68. The number of carbonyl (C=O) groups excluding carboxylic acids is 1. The number of nitrogens with one attached hydrogen (secondary N) is 1. The number of hydrogen-bond donors (Lipinski definition) is 1. The first-order valence-electron chi connectivity index (χ1n) is 7.18. The van der Waals surface area contributed by atoms with Crippen LogP contribution in [0.2, 0.25) is 0 Å². The standard InChI is InChI=1S/C15H22N2O3S/c1-11-6-8-17(9-7-11)15(18)14-10-13(5-4-12(14)2)21(19,20)16-3/h4-5,10-11,16H,6-9H2,1-3H3. The van der Waals surface area contributed by atoms with Crippen LogP contribution in [0.25, 0.3) is 0 Å². The number of rotatable bonds is 3. The van der Waals surface area contributed by atoms with E-state index in [2.05, 4.69) is 11.6 Å². The summed E-state index contributed by atoms with van der Waals surface area (Å²) >= 11 is 0. The molecular formula is C15H22N2O3S. The lowest BCUT2D eigenvalue weighted by Crippen LogP contribution is -2.38. The molecule has 0 spiro atoms. The van der Waals surface area contributed by atoms with Gasteiger partial charge in [-0.2, -0.15) is 0 Å². The predicted octanol–water partition coefficient (Wildman–Crippen LogP) is 1.78. The molecule has 116 valence electrons. The predicted molar refractivity (Wildman–Crippen MR) is 81.7 cm³/mol. The van der Waals surface area contributed by atoms with E-state index in [1.54, 1.807) is 6.07 Å². The summed E-state index contributed by atoms with van der Waals surface area (Å²) in [6.45, 7) is 5.49. The summed E-state index contributed by atoms with van der Waals surface area (Å²) in [5.41, 5.74) is 1.27.